The van der Waals surface area contributed by atoms with Gasteiger partial charge < -0.3 is 33.9 Å². The van der Waals surface area contributed by atoms with Crippen LogP contribution < -0.4 is 11.1 Å². The van der Waals surface area contributed by atoms with Crippen LogP contribution in [0.15, 0.2) is 45.6 Å². The molecule has 312 valence electrons. The molecule has 15 nitrogen and oxygen atoms in total. The monoisotopic (exact) mass is 791 g/mol. The van der Waals surface area contributed by atoms with Crippen LogP contribution in [0.3, 0.4) is 0 Å². The third kappa shape index (κ3) is 10.9. The second kappa shape index (κ2) is 20.0. The number of nitrogens with zero attached hydrogens (tertiary/aromatic N) is 5. The van der Waals surface area contributed by atoms with Gasteiger partial charge in [0.15, 0.2) is 5.58 Å². The van der Waals surface area contributed by atoms with Gasteiger partial charge in [-0.15, -0.1) is 0 Å². The molecular weight excluding hydrogens is 731 g/mol. The van der Waals surface area contributed by atoms with Gasteiger partial charge in [0.1, 0.15) is 0 Å². The quantitative estimate of drug-likeness (QED) is 0.306. The molecule has 2 aromatic carbocycles. The van der Waals surface area contributed by atoms with Gasteiger partial charge in [-0.25, -0.2) is 14.4 Å². The number of hydrogen-bond donors (Lipinski definition) is 2. The molecule has 1 aromatic heterocycles. The summed E-state index contributed by atoms with van der Waals surface area (Å²) in [4.78, 5) is 73.3. The molecule has 3 saturated heterocycles. The van der Waals surface area contributed by atoms with Crippen LogP contribution in [0.2, 0.25) is 0 Å². The molecule has 57 heavy (non-hydrogen) atoms. The highest BCUT2D eigenvalue weighted by molar-refractivity contribution is 5.91. The Morgan fingerprint density at radius 3 is 2.26 bits per heavy atom. The summed E-state index contributed by atoms with van der Waals surface area (Å²) in [5.74, 6) is -0.561. The van der Waals surface area contributed by atoms with Crippen molar-refractivity contribution in [2.45, 2.75) is 78.8 Å². The number of benzene rings is 2. The number of para-hydroxylation sites is 1. The molecule has 0 radical (unpaired) electrons. The third-order valence-electron chi connectivity index (χ3n) is 11.6. The minimum atomic E-state index is -0.457. The van der Waals surface area contributed by atoms with E-state index in [1.165, 1.54) is 12.7 Å². The predicted octanol–water partition coefficient (Wildman–Crippen LogP) is 4.72. The summed E-state index contributed by atoms with van der Waals surface area (Å²) in [5.41, 5.74) is 5.28. The molecule has 0 unspecified atom stereocenters. The number of hydrogen-bond acceptors (Lipinski definition) is 10. The second-order valence-electron chi connectivity index (χ2n) is 15.3. The summed E-state index contributed by atoms with van der Waals surface area (Å²) >= 11 is 0. The van der Waals surface area contributed by atoms with E-state index in [2.05, 4.69) is 26.2 Å². The van der Waals surface area contributed by atoms with Crippen LogP contribution in [0.5, 0.6) is 0 Å². The van der Waals surface area contributed by atoms with E-state index in [0.717, 1.165) is 93.7 Å². The average molecular weight is 792 g/mol. The number of aromatic amines is 1. The summed E-state index contributed by atoms with van der Waals surface area (Å²) in [6.07, 6.45) is 4.85. The number of aromatic nitrogens is 1. The topological polar surface area (TPSA) is 161 Å². The average Bonchev–Trinajstić information content (AvgIpc) is 3.50. The van der Waals surface area contributed by atoms with Gasteiger partial charge >= 0.3 is 23.8 Å². The van der Waals surface area contributed by atoms with Crippen LogP contribution in [-0.4, -0.2) is 145 Å². The number of urea groups is 1. The lowest BCUT2D eigenvalue weighted by Gasteiger charge is -2.43. The second-order valence-corrected chi connectivity index (χ2v) is 15.3. The highest BCUT2D eigenvalue weighted by atomic mass is 16.5. The summed E-state index contributed by atoms with van der Waals surface area (Å²) < 4.78 is 15.0. The number of piperidine rings is 2. The van der Waals surface area contributed by atoms with Crippen LogP contribution in [0.1, 0.15) is 63.6 Å². The van der Waals surface area contributed by atoms with Gasteiger partial charge in [0.2, 0.25) is 5.91 Å². The molecular formula is C42H61N7O8. The van der Waals surface area contributed by atoms with E-state index >= 15 is 0 Å². The van der Waals surface area contributed by atoms with Crippen molar-refractivity contribution in [3.63, 3.8) is 0 Å². The molecule has 0 saturated carbocycles. The zero-order valence-corrected chi connectivity index (χ0v) is 33.2. The van der Waals surface area contributed by atoms with E-state index in [1.54, 1.807) is 4.90 Å². The van der Waals surface area contributed by atoms with E-state index in [9.17, 15) is 24.0 Å². The zero-order valence-electron chi connectivity index (χ0n) is 33.2. The van der Waals surface area contributed by atoms with Crippen molar-refractivity contribution >= 4 is 40.8 Å². The normalized spacial score (nSPS) is 19.0. The summed E-state index contributed by atoms with van der Waals surface area (Å²) in [6.45, 7) is 13.6. The number of piperazine rings is 1. The smallest absolute Gasteiger partial charge is 0.417 e. The highest BCUT2D eigenvalue weighted by Gasteiger charge is 2.33. The largest absolute Gasteiger partial charge is 0.465 e. The number of amides is 4. The Balaban J connectivity index is 0.000000233. The maximum atomic E-state index is 13.1. The minimum Gasteiger partial charge on any atom is -0.465 e. The molecule has 15 heteroatoms. The van der Waals surface area contributed by atoms with Gasteiger partial charge in [-0.05, 0) is 81.2 Å². The fourth-order valence-corrected chi connectivity index (χ4v) is 8.53. The number of anilines is 1. The van der Waals surface area contributed by atoms with Crippen LogP contribution in [0, 0.1) is 12.8 Å². The molecule has 4 amide bonds. The molecule has 5 heterocycles. The number of carbonyl (C=O) groups excluding carboxylic acids is 4. The molecule has 1 atom stereocenters. The zero-order chi connectivity index (χ0) is 39.8. The first-order valence-electron chi connectivity index (χ1n) is 20.0. The maximum absolute atomic E-state index is 13.1. The minimum absolute atomic E-state index is 0. The number of esters is 1. The van der Waals surface area contributed by atoms with E-state index in [1.807, 2.05) is 60.9 Å². The van der Waals surface area contributed by atoms with Crippen LogP contribution in [0.4, 0.5) is 15.3 Å². The molecule has 4 aliphatic heterocycles. The SMILES string of the molecule is C.CCOC(=O)CN1CCC(N2CCN(C(=O)[C@H](C)Cc3cc(C)c4[nH]c(=O)oc4c3)CC2)CC1.COC(=O)N1CCC(N2CCc3ccccc3NC2=O)CC1. The van der Waals surface area contributed by atoms with E-state index in [4.69, 9.17) is 13.9 Å². The Morgan fingerprint density at radius 1 is 0.895 bits per heavy atom. The number of nitrogens with one attached hydrogen (secondary N) is 2. The van der Waals surface area contributed by atoms with Gasteiger partial charge in [-0.1, -0.05) is 38.6 Å². The maximum Gasteiger partial charge on any atom is 0.417 e. The van der Waals surface area contributed by atoms with Gasteiger partial charge in [0, 0.05) is 82.6 Å². The van der Waals surface area contributed by atoms with Crippen LogP contribution in [-0.2, 0) is 31.9 Å². The lowest BCUT2D eigenvalue weighted by Crippen LogP contribution is -2.55. The van der Waals surface area contributed by atoms with Crippen molar-refractivity contribution in [1.82, 2.24) is 29.5 Å². The van der Waals surface area contributed by atoms with Gasteiger partial charge in [-0.3, -0.25) is 24.4 Å². The molecule has 3 aromatic rings. The summed E-state index contributed by atoms with van der Waals surface area (Å²) in [6, 6.07) is 12.4. The van der Waals surface area contributed by atoms with Crippen molar-refractivity contribution in [2.75, 3.05) is 84.5 Å². The summed E-state index contributed by atoms with van der Waals surface area (Å²) in [5, 5.41) is 3.00. The lowest BCUT2D eigenvalue weighted by atomic mass is 9.97. The molecule has 3 fully saturated rings. The molecule has 0 aliphatic carbocycles. The van der Waals surface area contributed by atoms with Crippen molar-refractivity contribution < 1.29 is 33.1 Å². The van der Waals surface area contributed by atoms with Crippen LogP contribution in [0.25, 0.3) is 11.1 Å². The highest BCUT2D eigenvalue weighted by Crippen LogP contribution is 2.26. The Labute approximate surface area is 335 Å². The van der Waals surface area contributed by atoms with E-state index < -0.39 is 5.76 Å². The lowest BCUT2D eigenvalue weighted by molar-refractivity contribution is -0.144. The number of fused-ring (bicyclic) bond motifs is 2. The number of oxazole rings is 1. The Hall–Kier alpha value is -4.89. The molecule has 7 rings (SSSR count). The summed E-state index contributed by atoms with van der Waals surface area (Å²) in [7, 11) is 1.40. The Kier molecular flexibility index (Phi) is 15.2. The Bertz CT molecular complexity index is 1890. The number of methoxy groups -OCH3 is 1. The third-order valence-corrected chi connectivity index (χ3v) is 11.6. The molecule has 4 aliphatic rings. The number of carbonyl (C=O) groups is 4. The van der Waals surface area contributed by atoms with Crippen molar-refractivity contribution in [3.05, 3.63) is 63.6 Å². The van der Waals surface area contributed by atoms with Gasteiger partial charge in [0.05, 0.1) is 25.8 Å². The van der Waals surface area contributed by atoms with Crippen molar-refractivity contribution in [1.29, 1.82) is 0 Å². The number of rotatable bonds is 8. The first kappa shape index (κ1) is 43.2. The van der Waals surface area contributed by atoms with E-state index in [-0.39, 0.29) is 43.4 Å². The number of ether oxygens (including phenoxy) is 2. The van der Waals surface area contributed by atoms with Crippen LogP contribution >= 0.6 is 0 Å². The number of aryl methyl sites for hydroxylation is 1. The first-order valence-corrected chi connectivity index (χ1v) is 20.0. The van der Waals surface area contributed by atoms with Gasteiger partial charge in [-0.2, -0.15) is 0 Å². The fraction of sp³-hybridized carbons (Fsp3) is 0.595. The number of H-pyrrole nitrogens is 1. The van der Waals surface area contributed by atoms with Crippen molar-refractivity contribution in [3.8, 4) is 0 Å². The molecule has 0 spiro atoms. The van der Waals surface area contributed by atoms with E-state index in [0.29, 0.717) is 50.8 Å². The Morgan fingerprint density at radius 2 is 1.58 bits per heavy atom. The number of likely N-dealkylation sites (tertiary alicyclic amines) is 2. The van der Waals surface area contributed by atoms with Crippen molar-refractivity contribution in [2.24, 2.45) is 5.92 Å². The molecule has 2 N–H and O–H groups in total. The van der Waals surface area contributed by atoms with Gasteiger partial charge in [0.25, 0.3) is 0 Å². The first-order chi connectivity index (χ1) is 27.0. The fourth-order valence-electron chi connectivity index (χ4n) is 8.53. The molecule has 0 bridgehead atoms. The predicted molar refractivity (Wildman–Crippen MR) is 218 cm³/mol. The standard InChI is InChI=1S/C25H36N4O5.C16H21N3O3.CH4/c1-4-33-22(30)16-27-7-5-20(6-8-27)28-9-11-29(12-10-28)24(31)18(3)14-19-13-17(2)23-21(15-19)34-25(32)26-23;1-22-16(21)18-9-7-13(8-10-18)19-11-6-12-4-2-3-5-14(12)17-15(19)20;/h13,15,18,20H,4-12,14,16H2,1-3H3,(H,26,32);2-5,13H,6-11H2,1H3,(H,17,20);1H4/t18-;;/m1../s1.